The maximum atomic E-state index is 13.5. The number of likely N-dealkylation sites (tertiary alicyclic amines) is 1. The summed E-state index contributed by atoms with van der Waals surface area (Å²) in [6.45, 7) is 7.22. The molecule has 35 heavy (non-hydrogen) atoms. The molecule has 2 aliphatic rings. The molecule has 2 heterocycles. The van der Waals surface area contributed by atoms with Gasteiger partial charge in [0.1, 0.15) is 11.9 Å². The number of nitrogen functional groups attached to an aromatic ring is 1. The van der Waals surface area contributed by atoms with Crippen molar-refractivity contribution in [3.63, 3.8) is 0 Å². The van der Waals surface area contributed by atoms with Crippen molar-refractivity contribution in [3.05, 3.63) is 71.2 Å². The lowest BCUT2D eigenvalue weighted by Gasteiger charge is -2.34. The van der Waals surface area contributed by atoms with Crippen molar-refractivity contribution in [1.29, 1.82) is 0 Å². The number of carbonyl (C=O) groups excluding carboxylic acids is 1. The molecule has 4 N–H and O–H groups in total. The average molecular weight is 480 g/mol. The summed E-state index contributed by atoms with van der Waals surface area (Å²) >= 11 is 0. The molecule has 1 saturated heterocycles. The van der Waals surface area contributed by atoms with Gasteiger partial charge in [-0.15, -0.1) is 0 Å². The summed E-state index contributed by atoms with van der Waals surface area (Å²) in [6, 6.07) is 14.1. The standard InChI is InChI=1S/C28H38FN5O/c1-3-24(33-17-5-4-6-18-33)15-16-31-28(35)27-26(19-21-7-9-22(29)10-8-21)20(2)34(32-27)25-13-11-23(30)12-14-25/h7-14,24,27,32H,3-6,15-19,30H2,1-2H3,(H,31,35). The van der Waals surface area contributed by atoms with Gasteiger partial charge < -0.3 is 16.0 Å². The molecule has 2 aromatic carbocycles. The largest absolute Gasteiger partial charge is 0.399 e. The van der Waals surface area contributed by atoms with Crippen molar-refractivity contribution in [2.24, 2.45) is 0 Å². The number of nitrogens with one attached hydrogen (secondary N) is 2. The molecular weight excluding hydrogens is 441 g/mol. The number of hydrogen-bond donors (Lipinski definition) is 3. The number of piperidine rings is 1. The zero-order chi connectivity index (χ0) is 24.8. The van der Waals surface area contributed by atoms with Gasteiger partial charge >= 0.3 is 0 Å². The monoisotopic (exact) mass is 479 g/mol. The minimum atomic E-state index is -0.493. The lowest BCUT2D eigenvalue weighted by Crippen LogP contribution is -2.48. The van der Waals surface area contributed by atoms with Crippen LogP contribution in [0, 0.1) is 5.82 Å². The molecule has 0 bridgehead atoms. The van der Waals surface area contributed by atoms with Gasteiger partial charge in [-0.2, -0.15) is 0 Å². The average Bonchev–Trinajstić information content (AvgIpc) is 3.20. The van der Waals surface area contributed by atoms with Crippen molar-refractivity contribution in [3.8, 4) is 0 Å². The van der Waals surface area contributed by atoms with Crippen LogP contribution in [0.1, 0.15) is 51.5 Å². The topological polar surface area (TPSA) is 73.6 Å². The van der Waals surface area contributed by atoms with Gasteiger partial charge in [0, 0.05) is 24.0 Å². The minimum Gasteiger partial charge on any atom is -0.399 e. The highest BCUT2D eigenvalue weighted by atomic mass is 19.1. The SMILES string of the molecule is CCC(CCNC(=O)C1NN(c2ccc(N)cc2)C(C)=C1Cc1ccc(F)cc1)N1CCCCC1. The molecule has 0 aromatic heterocycles. The summed E-state index contributed by atoms with van der Waals surface area (Å²) in [7, 11) is 0. The predicted octanol–water partition coefficient (Wildman–Crippen LogP) is 4.39. The molecule has 2 aliphatic heterocycles. The highest BCUT2D eigenvalue weighted by Gasteiger charge is 2.34. The first-order valence-electron chi connectivity index (χ1n) is 12.8. The first-order valence-corrected chi connectivity index (χ1v) is 12.8. The normalized spacial score (nSPS) is 19.7. The lowest BCUT2D eigenvalue weighted by atomic mass is 9.97. The Kier molecular flexibility index (Phi) is 8.42. The van der Waals surface area contributed by atoms with Gasteiger partial charge in [-0.05, 0) is 99.7 Å². The molecule has 0 aliphatic carbocycles. The third kappa shape index (κ3) is 6.21. The van der Waals surface area contributed by atoms with Gasteiger partial charge in [-0.25, -0.2) is 9.82 Å². The Hall–Kier alpha value is -2.90. The Labute approximate surface area is 208 Å². The van der Waals surface area contributed by atoms with Crippen molar-refractivity contribution in [2.75, 3.05) is 30.4 Å². The molecule has 188 valence electrons. The first kappa shape index (κ1) is 25.2. The summed E-state index contributed by atoms with van der Waals surface area (Å²) in [5.41, 5.74) is 13.8. The second kappa shape index (κ2) is 11.7. The van der Waals surface area contributed by atoms with Crippen LogP contribution in [0.5, 0.6) is 0 Å². The number of halogens is 1. The number of benzene rings is 2. The highest BCUT2D eigenvalue weighted by molar-refractivity contribution is 5.87. The molecule has 2 unspecified atom stereocenters. The smallest absolute Gasteiger partial charge is 0.243 e. The Balaban J connectivity index is 1.46. The van der Waals surface area contributed by atoms with E-state index in [1.165, 1.54) is 31.4 Å². The van der Waals surface area contributed by atoms with Crippen molar-refractivity contribution >= 4 is 17.3 Å². The molecule has 7 heteroatoms. The Morgan fingerprint density at radius 3 is 2.46 bits per heavy atom. The number of rotatable bonds is 9. The number of amides is 1. The number of allylic oxidation sites excluding steroid dienone is 1. The lowest BCUT2D eigenvalue weighted by molar-refractivity contribution is -0.122. The van der Waals surface area contributed by atoms with E-state index in [2.05, 4.69) is 22.6 Å². The molecule has 2 atom stereocenters. The fourth-order valence-electron chi connectivity index (χ4n) is 5.21. The molecule has 0 saturated carbocycles. The van der Waals surface area contributed by atoms with Crippen LogP contribution >= 0.6 is 0 Å². The summed E-state index contributed by atoms with van der Waals surface area (Å²) in [5.74, 6) is -0.297. The molecule has 6 nitrogen and oxygen atoms in total. The van der Waals surface area contributed by atoms with E-state index in [1.54, 1.807) is 12.1 Å². The summed E-state index contributed by atoms with van der Waals surface area (Å²) in [5, 5.41) is 5.14. The fourth-order valence-corrected chi connectivity index (χ4v) is 5.21. The summed E-state index contributed by atoms with van der Waals surface area (Å²) < 4.78 is 13.5. The second-order valence-electron chi connectivity index (χ2n) is 9.64. The molecular formula is C28H38FN5O. The van der Waals surface area contributed by atoms with E-state index in [1.807, 2.05) is 36.2 Å². The molecule has 1 amide bonds. The van der Waals surface area contributed by atoms with E-state index in [-0.39, 0.29) is 11.7 Å². The third-order valence-corrected chi connectivity index (χ3v) is 7.28. The van der Waals surface area contributed by atoms with Crippen LogP contribution in [0.4, 0.5) is 15.8 Å². The van der Waals surface area contributed by atoms with Crippen LogP contribution in [0.15, 0.2) is 59.8 Å². The Bertz CT molecular complexity index is 1010. The van der Waals surface area contributed by atoms with E-state index in [4.69, 9.17) is 5.73 Å². The molecule has 1 fully saturated rings. The first-order chi connectivity index (χ1) is 17.0. The van der Waals surface area contributed by atoms with E-state index in [0.717, 1.165) is 48.5 Å². The van der Waals surface area contributed by atoms with Crippen LogP contribution in [0.3, 0.4) is 0 Å². The maximum absolute atomic E-state index is 13.5. The number of nitrogens with two attached hydrogens (primary N) is 1. The third-order valence-electron chi connectivity index (χ3n) is 7.28. The number of nitrogens with zero attached hydrogens (tertiary/aromatic N) is 2. The number of hydrogen-bond acceptors (Lipinski definition) is 5. The number of hydrazine groups is 1. The minimum absolute atomic E-state index is 0.0343. The summed E-state index contributed by atoms with van der Waals surface area (Å²) in [4.78, 5) is 16.0. The predicted molar refractivity (Wildman–Crippen MR) is 140 cm³/mol. The van der Waals surface area contributed by atoms with Gasteiger partial charge in [0.25, 0.3) is 0 Å². The van der Waals surface area contributed by atoms with Gasteiger partial charge in [-0.3, -0.25) is 9.80 Å². The molecule has 0 radical (unpaired) electrons. The zero-order valence-electron chi connectivity index (χ0n) is 20.9. The van der Waals surface area contributed by atoms with Crippen LogP contribution in [0.2, 0.25) is 0 Å². The van der Waals surface area contributed by atoms with Crippen LogP contribution in [0.25, 0.3) is 0 Å². The van der Waals surface area contributed by atoms with Crippen LogP contribution in [-0.2, 0) is 11.2 Å². The van der Waals surface area contributed by atoms with E-state index in [0.29, 0.717) is 24.7 Å². The number of carbonyl (C=O) groups is 1. The summed E-state index contributed by atoms with van der Waals surface area (Å²) in [6.07, 6.45) is 6.47. The molecule has 2 aromatic rings. The Morgan fingerprint density at radius 1 is 1.11 bits per heavy atom. The van der Waals surface area contributed by atoms with E-state index < -0.39 is 6.04 Å². The fraction of sp³-hybridized carbons (Fsp3) is 0.464. The van der Waals surface area contributed by atoms with E-state index >= 15 is 0 Å². The Morgan fingerprint density at radius 2 is 1.80 bits per heavy atom. The van der Waals surface area contributed by atoms with Gasteiger partial charge in [0.15, 0.2) is 0 Å². The van der Waals surface area contributed by atoms with E-state index in [9.17, 15) is 9.18 Å². The second-order valence-corrected chi connectivity index (χ2v) is 9.64. The van der Waals surface area contributed by atoms with Gasteiger partial charge in [0.05, 0.1) is 5.69 Å². The van der Waals surface area contributed by atoms with Gasteiger partial charge in [0.2, 0.25) is 5.91 Å². The van der Waals surface area contributed by atoms with Crippen LogP contribution in [-0.4, -0.2) is 42.5 Å². The highest BCUT2D eigenvalue weighted by Crippen LogP contribution is 2.30. The number of anilines is 2. The van der Waals surface area contributed by atoms with Crippen LogP contribution < -0.4 is 21.5 Å². The zero-order valence-corrected chi connectivity index (χ0v) is 20.9. The van der Waals surface area contributed by atoms with Crippen molar-refractivity contribution in [1.82, 2.24) is 15.6 Å². The molecule has 4 rings (SSSR count). The van der Waals surface area contributed by atoms with Crippen molar-refractivity contribution in [2.45, 2.75) is 64.5 Å². The van der Waals surface area contributed by atoms with Gasteiger partial charge in [-0.1, -0.05) is 25.5 Å². The quantitative estimate of drug-likeness (QED) is 0.465. The van der Waals surface area contributed by atoms with Crippen molar-refractivity contribution < 1.29 is 9.18 Å². The maximum Gasteiger partial charge on any atom is 0.243 e. The molecule has 0 spiro atoms.